The summed E-state index contributed by atoms with van der Waals surface area (Å²) in [4.78, 5) is 11.5. The molecule has 18 heavy (non-hydrogen) atoms. The van der Waals surface area contributed by atoms with Crippen molar-refractivity contribution in [2.45, 2.75) is 20.5 Å². The first kappa shape index (κ1) is 13.9. The largest absolute Gasteiger partial charge is 0.462 e. The summed E-state index contributed by atoms with van der Waals surface area (Å²) in [5, 5.41) is 8.87. The summed E-state index contributed by atoms with van der Waals surface area (Å²) in [7, 11) is 0. The molecule has 0 saturated heterocycles. The maximum Gasteiger partial charge on any atom is 0.387 e. The van der Waals surface area contributed by atoms with Crippen LogP contribution in [-0.2, 0) is 4.74 Å². The second-order valence-corrected chi connectivity index (χ2v) is 3.36. The SMILES string of the molecule is CCOC(=O)c1cc(C#N)c(C)c(OC(F)F)c1. The van der Waals surface area contributed by atoms with Gasteiger partial charge in [0.1, 0.15) is 5.75 Å². The van der Waals surface area contributed by atoms with E-state index in [0.29, 0.717) is 0 Å². The molecule has 0 fully saturated rings. The lowest BCUT2D eigenvalue weighted by atomic mass is 10.0. The number of hydrogen-bond acceptors (Lipinski definition) is 4. The topological polar surface area (TPSA) is 59.3 Å². The molecular weight excluding hydrogens is 244 g/mol. The Bertz CT molecular complexity index is 495. The third kappa shape index (κ3) is 3.17. The zero-order chi connectivity index (χ0) is 13.7. The summed E-state index contributed by atoms with van der Waals surface area (Å²) in [6.07, 6.45) is 0. The van der Waals surface area contributed by atoms with Crippen molar-refractivity contribution in [3.05, 3.63) is 28.8 Å². The lowest BCUT2D eigenvalue weighted by molar-refractivity contribution is -0.0503. The first-order chi connectivity index (χ1) is 8.49. The van der Waals surface area contributed by atoms with Gasteiger partial charge in [0.05, 0.1) is 23.8 Å². The van der Waals surface area contributed by atoms with Gasteiger partial charge in [-0.05, 0) is 26.0 Å². The van der Waals surface area contributed by atoms with Gasteiger partial charge in [0.15, 0.2) is 0 Å². The van der Waals surface area contributed by atoms with Crippen LogP contribution in [0.25, 0.3) is 0 Å². The Hall–Kier alpha value is -2.16. The van der Waals surface area contributed by atoms with Gasteiger partial charge in [-0.1, -0.05) is 0 Å². The summed E-state index contributed by atoms with van der Waals surface area (Å²) < 4.78 is 33.4. The molecule has 0 radical (unpaired) electrons. The Kier molecular flexibility index (Phi) is 4.60. The summed E-state index contributed by atoms with van der Waals surface area (Å²) in [5.41, 5.74) is 0.358. The standard InChI is InChI=1S/C12H11F2NO3/c1-3-17-11(16)8-4-9(6-15)7(2)10(5-8)18-12(13)14/h4-5,12H,3H2,1-2H3. The Morgan fingerprint density at radius 2 is 2.17 bits per heavy atom. The number of benzene rings is 1. The van der Waals surface area contributed by atoms with Gasteiger partial charge in [0.2, 0.25) is 0 Å². The number of carbonyl (C=O) groups is 1. The monoisotopic (exact) mass is 255 g/mol. The van der Waals surface area contributed by atoms with Gasteiger partial charge in [-0.25, -0.2) is 4.79 Å². The molecule has 0 unspecified atom stereocenters. The second-order valence-electron chi connectivity index (χ2n) is 3.36. The van der Waals surface area contributed by atoms with Crippen molar-refractivity contribution in [3.63, 3.8) is 0 Å². The van der Waals surface area contributed by atoms with Crippen molar-refractivity contribution in [3.8, 4) is 11.8 Å². The molecule has 1 rings (SSSR count). The Labute approximate surface area is 103 Å². The van der Waals surface area contributed by atoms with Crippen LogP contribution in [0.3, 0.4) is 0 Å². The molecule has 0 aromatic heterocycles. The van der Waals surface area contributed by atoms with Crippen LogP contribution in [0.4, 0.5) is 8.78 Å². The van der Waals surface area contributed by atoms with E-state index in [-0.39, 0.29) is 29.0 Å². The average Bonchev–Trinajstić information content (AvgIpc) is 2.31. The molecule has 96 valence electrons. The first-order valence-corrected chi connectivity index (χ1v) is 5.16. The fourth-order valence-corrected chi connectivity index (χ4v) is 1.35. The highest BCUT2D eigenvalue weighted by Crippen LogP contribution is 2.25. The molecule has 1 aromatic rings. The lowest BCUT2D eigenvalue weighted by Crippen LogP contribution is -2.09. The van der Waals surface area contributed by atoms with Crippen molar-refractivity contribution < 1.29 is 23.0 Å². The Morgan fingerprint density at radius 3 is 2.67 bits per heavy atom. The number of hydrogen-bond donors (Lipinski definition) is 0. The summed E-state index contributed by atoms with van der Waals surface area (Å²) in [6.45, 7) is 0.214. The quantitative estimate of drug-likeness (QED) is 0.776. The molecule has 0 heterocycles. The van der Waals surface area contributed by atoms with Crippen LogP contribution in [0.15, 0.2) is 12.1 Å². The molecule has 0 atom stereocenters. The van der Waals surface area contributed by atoms with Crippen molar-refractivity contribution in [2.24, 2.45) is 0 Å². The second kappa shape index (κ2) is 5.96. The van der Waals surface area contributed by atoms with Gasteiger partial charge >= 0.3 is 12.6 Å². The minimum Gasteiger partial charge on any atom is -0.462 e. The van der Waals surface area contributed by atoms with E-state index in [0.717, 1.165) is 6.07 Å². The lowest BCUT2D eigenvalue weighted by Gasteiger charge is -2.11. The molecule has 0 N–H and O–H groups in total. The number of esters is 1. The van der Waals surface area contributed by atoms with E-state index >= 15 is 0 Å². The van der Waals surface area contributed by atoms with Crippen LogP contribution in [0.1, 0.15) is 28.4 Å². The van der Waals surface area contributed by atoms with Crippen molar-refractivity contribution >= 4 is 5.97 Å². The van der Waals surface area contributed by atoms with Crippen molar-refractivity contribution in [2.75, 3.05) is 6.61 Å². The van der Waals surface area contributed by atoms with Gasteiger partial charge < -0.3 is 9.47 Å². The number of carbonyl (C=O) groups excluding carboxylic acids is 1. The number of ether oxygens (including phenoxy) is 2. The van der Waals surface area contributed by atoms with Crippen molar-refractivity contribution in [1.29, 1.82) is 5.26 Å². The third-order valence-electron chi connectivity index (χ3n) is 2.21. The fraction of sp³-hybridized carbons (Fsp3) is 0.333. The molecule has 4 nitrogen and oxygen atoms in total. The maximum atomic E-state index is 12.2. The van der Waals surface area contributed by atoms with Crippen LogP contribution in [0.5, 0.6) is 5.75 Å². The highest BCUT2D eigenvalue weighted by molar-refractivity contribution is 5.90. The van der Waals surface area contributed by atoms with E-state index in [1.807, 2.05) is 6.07 Å². The van der Waals surface area contributed by atoms with Crippen LogP contribution >= 0.6 is 0 Å². The van der Waals surface area contributed by atoms with Gasteiger partial charge in [0, 0.05) is 5.56 Å². The maximum absolute atomic E-state index is 12.2. The Balaban J connectivity index is 3.22. The molecule has 0 spiro atoms. The number of nitrogens with zero attached hydrogens (tertiary/aromatic N) is 1. The third-order valence-corrected chi connectivity index (χ3v) is 2.21. The molecular formula is C12H11F2NO3. The van der Waals surface area contributed by atoms with Crippen LogP contribution in [0.2, 0.25) is 0 Å². The average molecular weight is 255 g/mol. The van der Waals surface area contributed by atoms with E-state index in [1.165, 1.54) is 13.0 Å². The fourth-order valence-electron chi connectivity index (χ4n) is 1.35. The summed E-state index contributed by atoms with van der Waals surface area (Å²) >= 11 is 0. The molecule has 0 aliphatic carbocycles. The van der Waals surface area contributed by atoms with Crippen LogP contribution in [-0.4, -0.2) is 19.2 Å². The normalized spacial score (nSPS) is 10.0. The van der Waals surface area contributed by atoms with E-state index < -0.39 is 12.6 Å². The minimum absolute atomic E-state index is 0.00894. The molecule has 0 aliphatic heterocycles. The molecule has 0 aliphatic rings. The number of nitriles is 1. The molecule has 1 aromatic carbocycles. The van der Waals surface area contributed by atoms with Crippen LogP contribution < -0.4 is 4.74 Å². The smallest absolute Gasteiger partial charge is 0.387 e. The highest BCUT2D eigenvalue weighted by Gasteiger charge is 2.16. The van der Waals surface area contributed by atoms with Crippen LogP contribution in [0, 0.1) is 18.3 Å². The Morgan fingerprint density at radius 1 is 1.50 bits per heavy atom. The zero-order valence-electron chi connectivity index (χ0n) is 9.87. The van der Waals surface area contributed by atoms with E-state index in [9.17, 15) is 13.6 Å². The predicted molar refractivity (Wildman–Crippen MR) is 58.5 cm³/mol. The van der Waals surface area contributed by atoms with E-state index in [1.54, 1.807) is 6.92 Å². The van der Waals surface area contributed by atoms with E-state index in [4.69, 9.17) is 10.00 Å². The van der Waals surface area contributed by atoms with Gasteiger partial charge in [-0.15, -0.1) is 0 Å². The number of alkyl halides is 2. The van der Waals surface area contributed by atoms with Gasteiger partial charge in [-0.3, -0.25) is 0 Å². The minimum atomic E-state index is -3.02. The molecule has 6 heteroatoms. The van der Waals surface area contributed by atoms with E-state index in [2.05, 4.69) is 4.74 Å². The van der Waals surface area contributed by atoms with Gasteiger partial charge in [-0.2, -0.15) is 14.0 Å². The number of halogens is 2. The number of rotatable bonds is 4. The zero-order valence-corrected chi connectivity index (χ0v) is 9.87. The van der Waals surface area contributed by atoms with Gasteiger partial charge in [0.25, 0.3) is 0 Å². The predicted octanol–water partition coefficient (Wildman–Crippen LogP) is 2.64. The summed E-state index contributed by atoms with van der Waals surface area (Å²) in [6, 6.07) is 4.24. The molecule has 0 amide bonds. The highest BCUT2D eigenvalue weighted by atomic mass is 19.3. The molecule has 0 bridgehead atoms. The summed E-state index contributed by atoms with van der Waals surface area (Å²) in [5.74, 6) is -0.889. The molecule has 0 saturated carbocycles. The van der Waals surface area contributed by atoms with Crippen molar-refractivity contribution in [1.82, 2.24) is 0 Å². The first-order valence-electron chi connectivity index (χ1n) is 5.16.